The highest BCUT2D eigenvalue weighted by Gasteiger charge is 2.09. The SMILES string of the molecule is Cl.NCc1ccc(CNC(=O)c2ccc3nccnc3c2)c(F)c1. The number of nitrogens with zero attached hydrogens (tertiary/aromatic N) is 2. The van der Waals surface area contributed by atoms with E-state index < -0.39 is 0 Å². The average molecular weight is 347 g/mol. The highest BCUT2D eigenvalue weighted by molar-refractivity contribution is 5.97. The fourth-order valence-corrected chi connectivity index (χ4v) is 2.24. The zero-order valence-corrected chi connectivity index (χ0v) is 13.5. The number of carbonyl (C=O) groups is 1. The third kappa shape index (κ3) is 3.84. The lowest BCUT2D eigenvalue weighted by Gasteiger charge is -2.08. The Balaban J connectivity index is 0.00000208. The summed E-state index contributed by atoms with van der Waals surface area (Å²) in [6.45, 7) is 0.385. The minimum Gasteiger partial charge on any atom is -0.348 e. The van der Waals surface area contributed by atoms with Gasteiger partial charge < -0.3 is 11.1 Å². The minimum atomic E-state index is -0.377. The van der Waals surface area contributed by atoms with E-state index in [9.17, 15) is 9.18 Å². The van der Waals surface area contributed by atoms with Crippen molar-refractivity contribution in [1.29, 1.82) is 0 Å². The maximum Gasteiger partial charge on any atom is 0.251 e. The maximum absolute atomic E-state index is 13.9. The zero-order valence-electron chi connectivity index (χ0n) is 12.7. The molecule has 0 fully saturated rings. The van der Waals surface area contributed by atoms with Crippen LogP contribution in [0, 0.1) is 5.82 Å². The van der Waals surface area contributed by atoms with Crippen LogP contribution in [0.25, 0.3) is 11.0 Å². The molecule has 0 atom stereocenters. The van der Waals surface area contributed by atoms with E-state index in [2.05, 4.69) is 15.3 Å². The van der Waals surface area contributed by atoms with Crippen LogP contribution in [0.3, 0.4) is 0 Å². The highest BCUT2D eigenvalue weighted by Crippen LogP contribution is 2.12. The summed E-state index contributed by atoms with van der Waals surface area (Å²) in [7, 11) is 0. The Morgan fingerprint density at radius 2 is 1.83 bits per heavy atom. The highest BCUT2D eigenvalue weighted by atomic mass is 35.5. The van der Waals surface area contributed by atoms with Gasteiger partial charge in [-0.15, -0.1) is 12.4 Å². The molecule has 3 rings (SSSR count). The number of rotatable bonds is 4. The normalized spacial score (nSPS) is 10.2. The van der Waals surface area contributed by atoms with Crippen molar-refractivity contribution in [2.45, 2.75) is 13.1 Å². The number of carbonyl (C=O) groups excluding carboxylic acids is 1. The first-order valence-corrected chi connectivity index (χ1v) is 7.14. The Kier molecular flexibility index (Phi) is 5.78. The molecule has 0 aliphatic rings. The van der Waals surface area contributed by atoms with Crippen molar-refractivity contribution in [3.8, 4) is 0 Å². The van der Waals surface area contributed by atoms with Crippen molar-refractivity contribution in [2.75, 3.05) is 0 Å². The van der Waals surface area contributed by atoms with Gasteiger partial charge in [0.15, 0.2) is 0 Å². The smallest absolute Gasteiger partial charge is 0.251 e. The van der Waals surface area contributed by atoms with Crippen LogP contribution in [0.4, 0.5) is 4.39 Å². The molecule has 124 valence electrons. The molecule has 2 aromatic carbocycles. The molecule has 0 aliphatic heterocycles. The topological polar surface area (TPSA) is 80.9 Å². The summed E-state index contributed by atoms with van der Waals surface area (Å²) in [4.78, 5) is 20.5. The van der Waals surface area contributed by atoms with E-state index in [4.69, 9.17) is 5.73 Å². The predicted molar refractivity (Wildman–Crippen MR) is 92.2 cm³/mol. The van der Waals surface area contributed by atoms with E-state index in [1.54, 1.807) is 42.7 Å². The summed E-state index contributed by atoms with van der Waals surface area (Å²) >= 11 is 0. The molecule has 1 aromatic heterocycles. The van der Waals surface area contributed by atoms with E-state index in [1.165, 1.54) is 6.07 Å². The van der Waals surface area contributed by atoms with Crippen molar-refractivity contribution in [1.82, 2.24) is 15.3 Å². The standard InChI is InChI=1S/C17H15FN4O.ClH/c18-14-7-11(9-19)1-2-13(14)10-22-17(23)12-3-4-15-16(8-12)21-6-5-20-15;/h1-8H,9-10,19H2,(H,22,23);1H. The van der Waals surface area contributed by atoms with Crippen molar-refractivity contribution in [3.05, 3.63) is 71.3 Å². The van der Waals surface area contributed by atoms with Gasteiger partial charge in [0.1, 0.15) is 5.82 Å². The van der Waals surface area contributed by atoms with Crippen LogP contribution in [-0.4, -0.2) is 15.9 Å². The minimum absolute atomic E-state index is 0. The number of hydrogen-bond acceptors (Lipinski definition) is 4. The first kappa shape index (κ1) is 17.8. The van der Waals surface area contributed by atoms with Crippen LogP contribution in [0.2, 0.25) is 0 Å². The third-order valence-corrected chi connectivity index (χ3v) is 3.52. The van der Waals surface area contributed by atoms with Crippen LogP contribution < -0.4 is 11.1 Å². The number of aromatic nitrogens is 2. The Morgan fingerprint density at radius 1 is 1.08 bits per heavy atom. The maximum atomic E-state index is 13.9. The summed E-state index contributed by atoms with van der Waals surface area (Å²) in [5.41, 5.74) is 8.40. The monoisotopic (exact) mass is 346 g/mol. The van der Waals surface area contributed by atoms with E-state index >= 15 is 0 Å². The van der Waals surface area contributed by atoms with Gasteiger partial charge in [-0.1, -0.05) is 12.1 Å². The fraction of sp³-hybridized carbons (Fsp3) is 0.118. The van der Waals surface area contributed by atoms with Crippen molar-refractivity contribution < 1.29 is 9.18 Å². The summed E-state index contributed by atoms with van der Waals surface area (Å²) < 4.78 is 13.9. The van der Waals surface area contributed by atoms with Gasteiger partial charge in [0.2, 0.25) is 0 Å². The lowest BCUT2D eigenvalue weighted by atomic mass is 10.1. The van der Waals surface area contributed by atoms with Gasteiger partial charge in [-0.2, -0.15) is 0 Å². The third-order valence-electron chi connectivity index (χ3n) is 3.52. The van der Waals surface area contributed by atoms with Gasteiger partial charge >= 0.3 is 0 Å². The molecule has 0 aliphatic carbocycles. The molecule has 7 heteroatoms. The molecule has 5 nitrogen and oxygen atoms in total. The Morgan fingerprint density at radius 3 is 2.54 bits per heavy atom. The number of amides is 1. The molecule has 0 saturated heterocycles. The molecule has 1 amide bonds. The number of nitrogens with one attached hydrogen (secondary N) is 1. The van der Waals surface area contributed by atoms with Crippen LogP contribution in [0.5, 0.6) is 0 Å². The molecule has 0 saturated carbocycles. The second kappa shape index (κ2) is 7.81. The zero-order chi connectivity index (χ0) is 16.2. The lowest BCUT2D eigenvalue weighted by Crippen LogP contribution is -2.23. The summed E-state index contributed by atoms with van der Waals surface area (Å²) in [6.07, 6.45) is 3.16. The molecule has 24 heavy (non-hydrogen) atoms. The Labute approximate surface area is 144 Å². The van der Waals surface area contributed by atoms with Gasteiger partial charge in [0.05, 0.1) is 11.0 Å². The average Bonchev–Trinajstić information content (AvgIpc) is 2.59. The van der Waals surface area contributed by atoms with Gasteiger partial charge in [-0.3, -0.25) is 14.8 Å². The molecular weight excluding hydrogens is 331 g/mol. The number of hydrogen-bond donors (Lipinski definition) is 2. The molecule has 1 heterocycles. The first-order valence-electron chi connectivity index (χ1n) is 7.14. The summed E-state index contributed by atoms with van der Waals surface area (Å²) in [5, 5.41) is 2.70. The van der Waals surface area contributed by atoms with Crippen LogP contribution >= 0.6 is 12.4 Å². The number of halogens is 2. The van der Waals surface area contributed by atoms with Crippen LogP contribution in [0.15, 0.2) is 48.8 Å². The molecule has 3 aromatic rings. The predicted octanol–water partition coefficient (Wildman–Crippen LogP) is 2.58. The Hall–Kier alpha value is -2.57. The van der Waals surface area contributed by atoms with E-state index in [-0.39, 0.29) is 37.2 Å². The quantitative estimate of drug-likeness (QED) is 0.760. The van der Waals surface area contributed by atoms with Crippen molar-refractivity contribution in [2.24, 2.45) is 5.73 Å². The molecule has 3 N–H and O–H groups in total. The van der Waals surface area contributed by atoms with Gasteiger partial charge in [-0.25, -0.2) is 4.39 Å². The second-order valence-corrected chi connectivity index (χ2v) is 5.07. The molecule has 0 spiro atoms. The van der Waals surface area contributed by atoms with Gasteiger partial charge in [0, 0.05) is 36.6 Å². The Bertz CT molecular complexity index is 872. The molecule has 0 unspecified atom stereocenters. The molecule has 0 bridgehead atoms. The molecule has 0 radical (unpaired) electrons. The summed E-state index contributed by atoms with van der Waals surface area (Å²) in [6, 6.07) is 9.81. The van der Waals surface area contributed by atoms with Crippen molar-refractivity contribution in [3.63, 3.8) is 0 Å². The summed E-state index contributed by atoms with van der Waals surface area (Å²) in [5.74, 6) is -0.669. The van der Waals surface area contributed by atoms with Crippen molar-refractivity contribution >= 4 is 29.3 Å². The fourth-order valence-electron chi connectivity index (χ4n) is 2.24. The van der Waals surface area contributed by atoms with Gasteiger partial charge in [-0.05, 0) is 29.8 Å². The number of fused-ring (bicyclic) bond motifs is 1. The number of benzene rings is 2. The lowest BCUT2D eigenvalue weighted by molar-refractivity contribution is 0.0950. The van der Waals surface area contributed by atoms with E-state index in [1.807, 2.05) is 0 Å². The second-order valence-electron chi connectivity index (χ2n) is 5.07. The van der Waals surface area contributed by atoms with Crippen LogP contribution in [-0.2, 0) is 13.1 Å². The molecular formula is C17H16ClFN4O. The first-order chi connectivity index (χ1) is 11.2. The number of nitrogens with two attached hydrogens (primary N) is 1. The van der Waals surface area contributed by atoms with Crippen LogP contribution in [0.1, 0.15) is 21.5 Å². The largest absolute Gasteiger partial charge is 0.348 e. The van der Waals surface area contributed by atoms with E-state index in [0.717, 1.165) is 0 Å². The van der Waals surface area contributed by atoms with Gasteiger partial charge in [0.25, 0.3) is 5.91 Å². The van der Waals surface area contributed by atoms with E-state index in [0.29, 0.717) is 27.7 Å².